The molecule has 1 aromatic heterocycles. The molecule has 0 bridgehead atoms. The number of hydrogen-bond acceptors (Lipinski definition) is 8. The molecule has 2 N–H and O–H groups in total. The highest BCUT2D eigenvalue weighted by molar-refractivity contribution is 7.70. The molecular weight excluding hydrogens is 504 g/mol. The first-order valence-electron chi connectivity index (χ1n) is 11.6. The molecule has 0 radical (unpaired) electrons. The molecular formula is C25H30ClFN5O3P. The topological polar surface area (TPSA) is 88.6 Å². The third-order valence-corrected chi connectivity index (χ3v) is 7.89. The van der Waals surface area contributed by atoms with E-state index < -0.39 is 13.0 Å². The van der Waals surface area contributed by atoms with Crippen LogP contribution in [0, 0.1) is 5.82 Å². The molecule has 1 fully saturated rings. The van der Waals surface area contributed by atoms with Crippen LogP contribution in [0.2, 0.25) is 5.02 Å². The molecule has 8 nitrogen and oxygen atoms in total. The van der Waals surface area contributed by atoms with Gasteiger partial charge in [0.15, 0.2) is 11.6 Å². The van der Waals surface area contributed by atoms with E-state index in [1.807, 2.05) is 18.2 Å². The van der Waals surface area contributed by atoms with E-state index in [1.165, 1.54) is 31.7 Å². The Bertz CT molecular complexity index is 1280. The fourth-order valence-corrected chi connectivity index (χ4v) is 5.78. The third-order valence-electron chi connectivity index (χ3n) is 6.08. The minimum atomic E-state index is -2.92. The van der Waals surface area contributed by atoms with Gasteiger partial charge in [0.05, 0.1) is 41.8 Å². The summed E-state index contributed by atoms with van der Waals surface area (Å²) in [6.45, 7) is 4.75. The van der Waals surface area contributed by atoms with E-state index in [0.29, 0.717) is 17.1 Å². The Labute approximate surface area is 215 Å². The predicted octanol–water partition coefficient (Wildman–Crippen LogP) is 5.63. The largest absolute Gasteiger partial charge is 0.492 e. The zero-order chi connectivity index (χ0) is 25.9. The van der Waals surface area contributed by atoms with Crippen molar-refractivity contribution in [2.45, 2.75) is 18.9 Å². The number of hydrogen-bond donors (Lipinski definition) is 2. The van der Waals surface area contributed by atoms with Crippen LogP contribution in [0.25, 0.3) is 0 Å². The van der Waals surface area contributed by atoms with Crippen molar-refractivity contribution in [3.05, 3.63) is 53.4 Å². The van der Waals surface area contributed by atoms with Gasteiger partial charge in [-0.15, -0.1) is 0 Å². The van der Waals surface area contributed by atoms with Crippen LogP contribution in [0.1, 0.15) is 12.8 Å². The Balaban J connectivity index is 1.61. The van der Waals surface area contributed by atoms with Crippen LogP contribution in [0.5, 0.6) is 5.75 Å². The van der Waals surface area contributed by atoms with E-state index >= 15 is 0 Å². The molecule has 1 aliphatic rings. The van der Waals surface area contributed by atoms with Crippen LogP contribution in [0.4, 0.5) is 33.2 Å². The minimum Gasteiger partial charge on any atom is -0.492 e. The van der Waals surface area contributed by atoms with Gasteiger partial charge in [-0.05, 0) is 50.4 Å². The summed E-state index contributed by atoms with van der Waals surface area (Å²) in [6, 6.07) is 10.3. The third kappa shape index (κ3) is 5.75. The van der Waals surface area contributed by atoms with Gasteiger partial charge in [-0.25, -0.2) is 9.37 Å². The summed E-state index contributed by atoms with van der Waals surface area (Å²) in [7, 11) is 0.458. The predicted molar refractivity (Wildman–Crippen MR) is 144 cm³/mol. The number of methoxy groups -OCH3 is 2. The molecule has 0 saturated carbocycles. The minimum absolute atomic E-state index is 0.112. The van der Waals surface area contributed by atoms with Gasteiger partial charge in [0.25, 0.3) is 0 Å². The van der Waals surface area contributed by atoms with E-state index in [0.717, 1.165) is 31.6 Å². The van der Waals surface area contributed by atoms with Gasteiger partial charge in [-0.2, -0.15) is 4.98 Å². The second kappa shape index (κ2) is 11.0. The maximum absolute atomic E-state index is 14.5. The molecule has 0 amide bonds. The SMILES string of the molecule is COc1c(Nc2ncc(Cl)c(Nc3cccc(F)c3P(C)(C)=O)n2)cccc1N1CCC(OC)CC1. The van der Waals surface area contributed by atoms with E-state index in [-0.39, 0.29) is 28.2 Å². The highest BCUT2D eigenvalue weighted by Crippen LogP contribution is 2.41. The van der Waals surface area contributed by atoms with Crippen molar-refractivity contribution in [3.63, 3.8) is 0 Å². The van der Waals surface area contributed by atoms with Gasteiger partial charge in [0.2, 0.25) is 5.95 Å². The molecule has 36 heavy (non-hydrogen) atoms. The lowest BCUT2D eigenvalue weighted by atomic mass is 10.1. The van der Waals surface area contributed by atoms with Crippen LogP contribution in [-0.2, 0) is 9.30 Å². The summed E-state index contributed by atoms with van der Waals surface area (Å²) in [6.07, 6.45) is 3.60. The van der Waals surface area contributed by atoms with E-state index in [2.05, 4.69) is 25.5 Å². The second-order valence-corrected chi connectivity index (χ2v) is 12.5. The second-order valence-electron chi connectivity index (χ2n) is 8.91. The quantitative estimate of drug-likeness (QED) is 0.360. The summed E-state index contributed by atoms with van der Waals surface area (Å²) in [5.74, 6) is 0.649. The number of ether oxygens (including phenoxy) is 2. The fraction of sp³-hybridized carbons (Fsp3) is 0.360. The number of piperidine rings is 1. The first-order chi connectivity index (χ1) is 17.2. The van der Waals surface area contributed by atoms with Gasteiger partial charge in [0.1, 0.15) is 18.0 Å². The first kappa shape index (κ1) is 26.2. The van der Waals surface area contributed by atoms with Crippen molar-refractivity contribution in [2.75, 3.05) is 56.2 Å². The molecule has 2 heterocycles. The molecule has 4 rings (SSSR count). The number of aromatic nitrogens is 2. The summed E-state index contributed by atoms with van der Waals surface area (Å²) < 4.78 is 38.5. The highest BCUT2D eigenvalue weighted by atomic mass is 35.5. The average Bonchev–Trinajstić information content (AvgIpc) is 2.85. The summed E-state index contributed by atoms with van der Waals surface area (Å²) in [5.41, 5.74) is 2.00. The molecule has 192 valence electrons. The van der Waals surface area contributed by atoms with Gasteiger partial charge < -0.3 is 29.6 Å². The Hall–Kier alpha value is -2.87. The van der Waals surface area contributed by atoms with Gasteiger partial charge >= 0.3 is 0 Å². The normalized spacial score (nSPS) is 14.6. The number of nitrogens with zero attached hydrogens (tertiary/aromatic N) is 3. The lowest BCUT2D eigenvalue weighted by Gasteiger charge is -2.34. The number of benzene rings is 2. The van der Waals surface area contributed by atoms with Crippen LogP contribution in [0.15, 0.2) is 42.6 Å². The number of anilines is 5. The molecule has 2 aromatic carbocycles. The molecule has 1 saturated heterocycles. The average molecular weight is 534 g/mol. The number of rotatable bonds is 8. The zero-order valence-electron chi connectivity index (χ0n) is 20.7. The summed E-state index contributed by atoms with van der Waals surface area (Å²) in [5, 5.41) is 6.58. The molecule has 0 unspecified atom stereocenters. The van der Waals surface area contributed by atoms with Crippen LogP contribution < -0.4 is 25.6 Å². The maximum Gasteiger partial charge on any atom is 0.229 e. The van der Waals surface area contributed by atoms with Crippen molar-refractivity contribution < 1.29 is 18.4 Å². The number of para-hydroxylation sites is 1. The lowest BCUT2D eigenvalue weighted by Crippen LogP contribution is -2.36. The number of halogens is 2. The van der Waals surface area contributed by atoms with E-state index in [1.54, 1.807) is 20.3 Å². The summed E-state index contributed by atoms with van der Waals surface area (Å²) in [4.78, 5) is 11.1. The van der Waals surface area contributed by atoms with Crippen molar-refractivity contribution in [1.82, 2.24) is 9.97 Å². The molecule has 1 aliphatic heterocycles. The Morgan fingerprint density at radius 3 is 2.44 bits per heavy atom. The van der Waals surface area contributed by atoms with Gasteiger partial charge in [-0.1, -0.05) is 23.7 Å². The van der Waals surface area contributed by atoms with Crippen LogP contribution in [-0.4, -0.2) is 56.7 Å². The molecule has 0 aliphatic carbocycles. The Morgan fingerprint density at radius 2 is 1.78 bits per heavy atom. The van der Waals surface area contributed by atoms with Crippen molar-refractivity contribution in [1.29, 1.82) is 0 Å². The molecule has 3 aromatic rings. The lowest BCUT2D eigenvalue weighted by molar-refractivity contribution is 0.0818. The van der Waals surface area contributed by atoms with Crippen LogP contribution >= 0.6 is 18.7 Å². The molecule has 11 heteroatoms. The smallest absolute Gasteiger partial charge is 0.229 e. The van der Waals surface area contributed by atoms with Crippen LogP contribution in [0.3, 0.4) is 0 Å². The monoisotopic (exact) mass is 533 g/mol. The fourth-order valence-electron chi connectivity index (χ4n) is 4.35. The van der Waals surface area contributed by atoms with E-state index in [9.17, 15) is 8.96 Å². The van der Waals surface area contributed by atoms with Crippen molar-refractivity contribution >= 4 is 52.9 Å². The molecule has 0 atom stereocenters. The Morgan fingerprint density at radius 1 is 1.08 bits per heavy atom. The van der Waals surface area contributed by atoms with E-state index in [4.69, 9.17) is 21.1 Å². The first-order valence-corrected chi connectivity index (χ1v) is 14.5. The standard InChI is InChI=1S/C25H30ClFN5O3P/c1-34-16-11-13-32(14-12-16)21-10-6-8-19(22(21)35-2)30-25-28-15-17(26)24(31-25)29-20-9-5-7-18(27)23(20)36(3,4)33/h5-10,15-16H,11-14H2,1-4H3,(H2,28,29,30,31). The number of nitrogens with one attached hydrogen (secondary N) is 2. The maximum atomic E-state index is 14.5. The van der Waals surface area contributed by atoms with Crippen molar-refractivity contribution in [3.8, 4) is 5.75 Å². The zero-order valence-corrected chi connectivity index (χ0v) is 22.4. The Kier molecular flexibility index (Phi) is 8.03. The summed E-state index contributed by atoms with van der Waals surface area (Å²) >= 11 is 6.34. The van der Waals surface area contributed by atoms with Crippen molar-refractivity contribution in [2.24, 2.45) is 0 Å². The van der Waals surface area contributed by atoms with Gasteiger partial charge in [0, 0.05) is 20.2 Å². The molecule has 0 spiro atoms. The van der Waals surface area contributed by atoms with Gasteiger partial charge in [-0.3, -0.25) is 0 Å². The highest BCUT2D eigenvalue weighted by Gasteiger charge is 2.24.